The van der Waals surface area contributed by atoms with Crippen molar-refractivity contribution in [3.63, 3.8) is 0 Å². The van der Waals surface area contributed by atoms with Crippen molar-refractivity contribution in [3.8, 4) is 0 Å². The minimum Gasteiger partial charge on any atom is -0.294 e. The highest BCUT2D eigenvalue weighted by atomic mass is 16.1. The largest absolute Gasteiger partial charge is 0.294 e. The number of hydrogen-bond donors (Lipinski definition) is 0. The molecule has 104 valence electrons. The second kappa shape index (κ2) is 5.92. The number of benzene rings is 3. The lowest BCUT2D eigenvalue weighted by Gasteiger charge is -2.04. The summed E-state index contributed by atoms with van der Waals surface area (Å²) in [6.07, 6.45) is 1.36. The summed E-state index contributed by atoms with van der Waals surface area (Å²) < 4.78 is 0. The average molecular weight is 274 g/mol. The number of ketones is 1. The number of fused-ring (bicyclic) bond motifs is 1. The lowest BCUT2D eigenvalue weighted by Crippen LogP contribution is -2.01. The van der Waals surface area contributed by atoms with Crippen LogP contribution in [0.15, 0.2) is 66.7 Å². The van der Waals surface area contributed by atoms with Crippen LogP contribution in [0.4, 0.5) is 0 Å². The third-order valence-corrected chi connectivity index (χ3v) is 3.79. The van der Waals surface area contributed by atoms with Crippen LogP contribution in [0.2, 0.25) is 0 Å². The van der Waals surface area contributed by atoms with Gasteiger partial charge in [-0.1, -0.05) is 66.2 Å². The maximum Gasteiger partial charge on any atom is 0.163 e. The van der Waals surface area contributed by atoms with E-state index in [0.29, 0.717) is 6.42 Å². The Morgan fingerprint density at radius 3 is 2.48 bits per heavy atom. The molecule has 0 unspecified atom stereocenters. The van der Waals surface area contributed by atoms with Crippen molar-refractivity contribution in [3.05, 3.63) is 83.4 Å². The molecule has 3 aromatic carbocycles. The predicted molar refractivity (Wildman–Crippen MR) is 87.8 cm³/mol. The first kappa shape index (κ1) is 13.6. The molecule has 3 aromatic rings. The van der Waals surface area contributed by atoms with Crippen LogP contribution in [0.25, 0.3) is 10.8 Å². The topological polar surface area (TPSA) is 17.1 Å². The van der Waals surface area contributed by atoms with Crippen molar-refractivity contribution < 1.29 is 4.79 Å². The van der Waals surface area contributed by atoms with Crippen LogP contribution in [0.5, 0.6) is 0 Å². The Hall–Kier alpha value is -2.41. The molecule has 0 saturated carbocycles. The molecule has 0 radical (unpaired) electrons. The van der Waals surface area contributed by atoms with Crippen LogP contribution in [-0.2, 0) is 6.42 Å². The Morgan fingerprint density at radius 2 is 1.67 bits per heavy atom. The van der Waals surface area contributed by atoms with E-state index in [-0.39, 0.29) is 5.78 Å². The summed E-state index contributed by atoms with van der Waals surface area (Å²) in [7, 11) is 0. The molecule has 1 heteroatoms. The van der Waals surface area contributed by atoms with Gasteiger partial charge in [-0.2, -0.15) is 0 Å². The van der Waals surface area contributed by atoms with E-state index in [1.807, 2.05) is 42.5 Å². The van der Waals surface area contributed by atoms with Crippen LogP contribution in [0, 0.1) is 6.92 Å². The summed E-state index contributed by atoms with van der Waals surface area (Å²) in [4.78, 5) is 12.3. The van der Waals surface area contributed by atoms with Crippen molar-refractivity contribution in [2.75, 3.05) is 0 Å². The zero-order chi connectivity index (χ0) is 14.7. The third kappa shape index (κ3) is 3.19. The molecule has 0 aliphatic carbocycles. The quantitative estimate of drug-likeness (QED) is 0.614. The SMILES string of the molecule is Cc1cccc(CCC(=O)c2ccc3ccccc3c2)c1. The van der Waals surface area contributed by atoms with Gasteiger partial charge in [-0.25, -0.2) is 0 Å². The molecule has 1 nitrogen and oxygen atoms in total. The zero-order valence-electron chi connectivity index (χ0n) is 12.2. The monoisotopic (exact) mass is 274 g/mol. The highest BCUT2D eigenvalue weighted by Crippen LogP contribution is 2.17. The van der Waals surface area contributed by atoms with E-state index < -0.39 is 0 Å². The number of hydrogen-bond acceptors (Lipinski definition) is 1. The lowest BCUT2D eigenvalue weighted by atomic mass is 9.99. The fourth-order valence-corrected chi connectivity index (χ4v) is 2.63. The Labute approximate surface area is 125 Å². The Bertz CT molecular complexity index is 786. The molecule has 0 atom stereocenters. The molecule has 0 N–H and O–H groups in total. The second-order valence-electron chi connectivity index (χ2n) is 5.47. The first-order valence-electron chi connectivity index (χ1n) is 7.30. The average Bonchev–Trinajstić information content (AvgIpc) is 2.52. The van der Waals surface area contributed by atoms with Gasteiger partial charge in [0.2, 0.25) is 0 Å². The van der Waals surface area contributed by atoms with E-state index in [9.17, 15) is 4.79 Å². The van der Waals surface area contributed by atoms with Crippen LogP contribution >= 0.6 is 0 Å². The fraction of sp³-hybridized carbons (Fsp3) is 0.150. The van der Waals surface area contributed by atoms with Gasteiger partial charge in [-0.3, -0.25) is 4.79 Å². The molecule has 0 aliphatic heterocycles. The zero-order valence-corrected chi connectivity index (χ0v) is 12.2. The van der Waals surface area contributed by atoms with Gasteiger partial charge in [0.1, 0.15) is 0 Å². The third-order valence-electron chi connectivity index (χ3n) is 3.79. The first-order valence-corrected chi connectivity index (χ1v) is 7.30. The molecule has 0 aromatic heterocycles. The standard InChI is InChI=1S/C20H18O/c1-15-5-4-6-16(13-15)9-12-20(21)19-11-10-17-7-2-3-8-18(17)14-19/h2-8,10-11,13-14H,9,12H2,1H3. The van der Waals surface area contributed by atoms with E-state index in [2.05, 4.69) is 31.2 Å². The molecule has 0 fully saturated rings. The van der Waals surface area contributed by atoms with Crippen molar-refractivity contribution in [1.29, 1.82) is 0 Å². The highest BCUT2D eigenvalue weighted by Gasteiger charge is 2.07. The summed E-state index contributed by atoms with van der Waals surface area (Å²) in [6.45, 7) is 2.08. The van der Waals surface area contributed by atoms with E-state index in [1.54, 1.807) is 0 Å². The number of Topliss-reactive ketones (excluding diaryl/α,β-unsaturated/α-hetero) is 1. The molecule has 0 amide bonds. The number of aryl methyl sites for hydroxylation is 2. The van der Waals surface area contributed by atoms with Crippen molar-refractivity contribution in [1.82, 2.24) is 0 Å². The Morgan fingerprint density at radius 1 is 0.857 bits per heavy atom. The maximum absolute atomic E-state index is 12.3. The van der Waals surface area contributed by atoms with Crippen molar-refractivity contribution >= 4 is 16.6 Å². The number of carbonyl (C=O) groups excluding carboxylic acids is 1. The summed E-state index contributed by atoms with van der Waals surface area (Å²) in [6, 6.07) is 22.4. The Balaban J connectivity index is 1.74. The van der Waals surface area contributed by atoms with Gasteiger partial charge in [0.25, 0.3) is 0 Å². The molecule has 21 heavy (non-hydrogen) atoms. The Kier molecular flexibility index (Phi) is 3.83. The van der Waals surface area contributed by atoms with Crippen molar-refractivity contribution in [2.24, 2.45) is 0 Å². The van der Waals surface area contributed by atoms with Gasteiger partial charge >= 0.3 is 0 Å². The first-order chi connectivity index (χ1) is 10.2. The number of rotatable bonds is 4. The van der Waals surface area contributed by atoms with Gasteiger partial charge in [0.05, 0.1) is 0 Å². The molecule has 0 aliphatic rings. The van der Waals surface area contributed by atoms with Gasteiger partial charge in [0.15, 0.2) is 5.78 Å². The smallest absolute Gasteiger partial charge is 0.163 e. The van der Waals surface area contributed by atoms with E-state index >= 15 is 0 Å². The van der Waals surface area contributed by atoms with E-state index in [0.717, 1.165) is 17.4 Å². The molecular formula is C20H18O. The molecule has 3 rings (SSSR count). The van der Waals surface area contributed by atoms with Gasteiger partial charge in [-0.05, 0) is 35.7 Å². The van der Waals surface area contributed by atoms with Crippen LogP contribution in [0.1, 0.15) is 27.9 Å². The molecular weight excluding hydrogens is 256 g/mol. The number of carbonyl (C=O) groups is 1. The summed E-state index contributed by atoms with van der Waals surface area (Å²) >= 11 is 0. The lowest BCUT2D eigenvalue weighted by molar-refractivity contribution is 0.0983. The summed E-state index contributed by atoms with van der Waals surface area (Å²) in [5.41, 5.74) is 3.27. The minimum absolute atomic E-state index is 0.210. The minimum atomic E-state index is 0.210. The maximum atomic E-state index is 12.3. The van der Waals surface area contributed by atoms with E-state index in [1.165, 1.54) is 16.5 Å². The van der Waals surface area contributed by atoms with Crippen LogP contribution in [0.3, 0.4) is 0 Å². The van der Waals surface area contributed by atoms with Gasteiger partial charge < -0.3 is 0 Å². The molecule has 0 saturated heterocycles. The predicted octanol–water partition coefficient (Wildman–Crippen LogP) is 4.96. The fourth-order valence-electron chi connectivity index (χ4n) is 2.63. The highest BCUT2D eigenvalue weighted by molar-refractivity contribution is 6.00. The van der Waals surface area contributed by atoms with Gasteiger partial charge in [0, 0.05) is 12.0 Å². The summed E-state index contributed by atoms with van der Waals surface area (Å²) in [5, 5.41) is 2.30. The second-order valence-corrected chi connectivity index (χ2v) is 5.47. The van der Waals surface area contributed by atoms with Crippen molar-refractivity contribution in [2.45, 2.75) is 19.8 Å². The molecule has 0 heterocycles. The van der Waals surface area contributed by atoms with E-state index in [4.69, 9.17) is 0 Å². The van der Waals surface area contributed by atoms with Crippen LogP contribution < -0.4 is 0 Å². The molecule has 0 bridgehead atoms. The van der Waals surface area contributed by atoms with Gasteiger partial charge in [-0.15, -0.1) is 0 Å². The van der Waals surface area contributed by atoms with Crippen LogP contribution in [-0.4, -0.2) is 5.78 Å². The normalized spacial score (nSPS) is 10.7. The summed E-state index contributed by atoms with van der Waals surface area (Å²) in [5.74, 6) is 0.210. The molecule has 0 spiro atoms.